The second-order valence-corrected chi connectivity index (χ2v) is 7.40. The standard InChI is InChI=1S/C19H19N5O2S/c25-18(26)14-8-13(10-20-11-14)16-12-22-19(27-16)23-17-9-15(4-5-21-17)24-6-2-1-3-7-24/h4-5,8-12H,1-3,6-7H2,(H,25,26)(H,21,22,23). The van der Waals surface area contributed by atoms with Crippen molar-refractivity contribution in [1.82, 2.24) is 15.0 Å². The SMILES string of the molecule is O=C(O)c1cncc(-c2cnc(Nc3cc(N4CCCCC4)ccn3)s2)c1. The first-order valence-corrected chi connectivity index (χ1v) is 9.63. The number of pyridine rings is 2. The number of anilines is 3. The average molecular weight is 381 g/mol. The molecule has 0 aliphatic carbocycles. The molecule has 2 N–H and O–H groups in total. The van der Waals surface area contributed by atoms with E-state index in [1.54, 1.807) is 24.7 Å². The summed E-state index contributed by atoms with van der Waals surface area (Å²) in [6.45, 7) is 2.16. The van der Waals surface area contributed by atoms with E-state index in [1.165, 1.54) is 42.5 Å². The monoisotopic (exact) mass is 381 g/mol. The van der Waals surface area contributed by atoms with Gasteiger partial charge in [-0.1, -0.05) is 11.3 Å². The van der Waals surface area contributed by atoms with Gasteiger partial charge in [0.2, 0.25) is 0 Å². The predicted octanol–water partition coefficient (Wildman–Crippen LogP) is 4.03. The van der Waals surface area contributed by atoms with Crippen molar-refractivity contribution in [3.63, 3.8) is 0 Å². The molecular weight excluding hydrogens is 362 g/mol. The van der Waals surface area contributed by atoms with E-state index in [2.05, 4.69) is 25.2 Å². The third-order valence-corrected chi connectivity index (χ3v) is 5.44. The first-order valence-electron chi connectivity index (χ1n) is 8.81. The Morgan fingerprint density at radius 3 is 2.78 bits per heavy atom. The van der Waals surface area contributed by atoms with Gasteiger partial charge in [0.15, 0.2) is 5.13 Å². The van der Waals surface area contributed by atoms with E-state index in [-0.39, 0.29) is 5.56 Å². The smallest absolute Gasteiger partial charge is 0.337 e. The molecule has 0 bridgehead atoms. The number of nitrogens with zero attached hydrogens (tertiary/aromatic N) is 4. The maximum absolute atomic E-state index is 11.1. The number of carbonyl (C=O) groups is 1. The number of aromatic carboxylic acids is 1. The Kier molecular flexibility index (Phi) is 4.97. The highest BCUT2D eigenvalue weighted by Crippen LogP contribution is 2.31. The summed E-state index contributed by atoms with van der Waals surface area (Å²) < 4.78 is 0. The molecule has 3 aromatic rings. The zero-order chi connectivity index (χ0) is 18.6. The van der Waals surface area contributed by atoms with Crippen LogP contribution in [0.1, 0.15) is 29.6 Å². The summed E-state index contributed by atoms with van der Waals surface area (Å²) in [4.78, 5) is 27.1. The van der Waals surface area contributed by atoms with Gasteiger partial charge in [-0.25, -0.2) is 14.8 Å². The van der Waals surface area contributed by atoms with E-state index >= 15 is 0 Å². The molecule has 1 fully saturated rings. The molecule has 0 unspecified atom stereocenters. The van der Waals surface area contributed by atoms with Crippen LogP contribution in [0.4, 0.5) is 16.6 Å². The van der Waals surface area contributed by atoms with E-state index in [1.807, 2.05) is 12.1 Å². The molecule has 0 aromatic carbocycles. The number of hydrogen-bond acceptors (Lipinski definition) is 7. The van der Waals surface area contributed by atoms with Crippen molar-refractivity contribution in [3.05, 3.63) is 48.5 Å². The summed E-state index contributed by atoms with van der Waals surface area (Å²) in [7, 11) is 0. The van der Waals surface area contributed by atoms with E-state index in [4.69, 9.17) is 5.11 Å². The van der Waals surface area contributed by atoms with Gasteiger partial charge < -0.3 is 15.3 Å². The number of thiazole rings is 1. The molecule has 3 aromatic heterocycles. The quantitative estimate of drug-likeness (QED) is 0.689. The van der Waals surface area contributed by atoms with E-state index in [0.29, 0.717) is 5.13 Å². The first-order chi connectivity index (χ1) is 13.2. The first kappa shape index (κ1) is 17.4. The number of nitrogens with one attached hydrogen (secondary N) is 1. The van der Waals surface area contributed by atoms with Gasteiger partial charge in [0.25, 0.3) is 0 Å². The largest absolute Gasteiger partial charge is 0.478 e. The third kappa shape index (κ3) is 4.06. The van der Waals surface area contributed by atoms with E-state index < -0.39 is 5.97 Å². The molecule has 0 atom stereocenters. The summed E-state index contributed by atoms with van der Waals surface area (Å²) in [5, 5.41) is 13.1. The molecule has 4 heterocycles. The van der Waals surface area contributed by atoms with Gasteiger partial charge in [-0.2, -0.15) is 0 Å². The van der Waals surface area contributed by atoms with Gasteiger partial charge in [-0.3, -0.25) is 4.98 Å². The lowest BCUT2D eigenvalue weighted by Crippen LogP contribution is -2.29. The maximum atomic E-state index is 11.1. The van der Waals surface area contributed by atoms with Crippen LogP contribution in [0.5, 0.6) is 0 Å². The number of carboxylic acids is 1. The fraction of sp³-hybridized carbons (Fsp3) is 0.263. The molecule has 1 aliphatic rings. The van der Waals surface area contributed by atoms with E-state index in [9.17, 15) is 4.79 Å². The highest BCUT2D eigenvalue weighted by molar-refractivity contribution is 7.18. The van der Waals surface area contributed by atoms with Gasteiger partial charge in [0.05, 0.1) is 10.4 Å². The van der Waals surface area contributed by atoms with Crippen molar-refractivity contribution in [2.75, 3.05) is 23.3 Å². The molecule has 1 aliphatic heterocycles. The third-order valence-electron chi connectivity index (χ3n) is 4.48. The number of piperidine rings is 1. The number of hydrogen-bond donors (Lipinski definition) is 2. The van der Waals surface area contributed by atoms with Crippen molar-refractivity contribution >= 4 is 33.9 Å². The molecule has 0 spiro atoms. The molecule has 4 rings (SSSR count). The Morgan fingerprint density at radius 2 is 1.96 bits per heavy atom. The van der Waals surface area contributed by atoms with E-state index in [0.717, 1.165) is 29.3 Å². The highest BCUT2D eigenvalue weighted by atomic mass is 32.1. The molecule has 1 saturated heterocycles. The minimum Gasteiger partial charge on any atom is -0.478 e. The lowest BCUT2D eigenvalue weighted by Gasteiger charge is -2.28. The average Bonchev–Trinajstić information content (AvgIpc) is 3.17. The van der Waals surface area contributed by atoms with Crippen LogP contribution in [0.25, 0.3) is 10.4 Å². The van der Waals surface area contributed by atoms with Crippen LogP contribution in [-0.4, -0.2) is 39.1 Å². The number of rotatable bonds is 5. The fourth-order valence-corrected chi connectivity index (χ4v) is 3.91. The van der Waals surface area contributed by atoms with Crippen LogP contribution in [0.3, 0.4) is 0 Å². The molecule has 0 saturated carbocycles. The van der Waals surface area contributed by atoms with Crippen molar-refractivity contribution in [2.24, 2.45) is 0 Å². The van der Waals surface area contributed by atoms with Crippen LogP contribution in [0.15, 0.2) is 43.0 Å². The van der Waals surface area contributed by atoms with Crippen LogP contribution in [0.2, 0.25) is 0 Å². The molecular formula is C19H19N5O2S. The van der Waals surface area contributed by atoms with Crippen molar-refractivity contribution in [1.29, 1.82) is 0 Å². The minimum atomic E-state index is -0.994. The molecule has 7 nitrogen and oxygen atoms in total. The van der Waals surface area contributed by atoms with Crippen LogP contribution < -0.4 is 10.2 Å². The van der Waals surface area contributed by atoms with Crippen molar-refractivity contribution < 1.29 is 9.90 Å². The van der Waals surface area contributed by atoms with Gasteiger partial charge in [-0.15, -0.1) is 0 Å². The normalized spacial score (nSPS) is 14.1. The predicted molar refractivity (Wildman–Crippen MR) is 106 cm³/mol. The lowest BCUT2D eigenvalue weighted by molar-refractivity contribution is 0.0696. The zero-order valence-electron chi connectivity index (χ0n) is 14.6. The van der Waals surface area contributed by atoms with Gasteiger partial charge in [-0.05, 0) is 31.4 Å². The second kappa shape index (κ2) is 7.71. The summed E-state index contributed by atoms with van der Waals surface area (Å²) in [6, 6.07) is 5.67. The van der Waals surface area contributed by atoms with Gasteiger partial charge in [0, 0.05) is 55.2 Å². The topological polar surface area (TPSA) is 91.2 Å². The molecule has 138 valence electrons. The Morgan fingerprint density at radius 1 is 1.11 bits per heavy atom. The Bertz CT molecular complexity index is 953. The summed E-state index contributed by atoms with van der Waals surface area (Å²) in [5.41, 5.74) is 2.06. The van der Waals surface area contributed by atoms with Crippen LogP contribution in [0, 0.1) is 0 Å². The highest BCUT2D eigenvalue weighted by Gasteiger charge is 2.13. The number of aromatic nitrogens is 3. The van der Waals surface area contributed by atoms with Crippen molar-refractivity contribution in [3.8, 4) is 10.4 Å². The van der Waals surface area contributed by atoms with Gasteiger partial charge >= 0.3 is 5.97 Å². The van der Waals surface area contributed by atoms with Crippen LogP contribution >= 0.6 is 11.3 Å². The zero-order valence-corrected chi connectivity index (χ0v) is 15.4. The fourth-order valence-electron chi connectivity index (χ4n) is 3.10. The van der Waals surface area contributed by atoms with Crippen LogP contribution in [-0.2, 0) is 0 Å². The summed E-state index contributed by atoms with van der Waals surface area (Å²) in [6.07, 6.45) is 10.2. The molecule has 0 amide bonds. The minimum absolute atomic E-state index is 0.159. The summed E-state index contributed by atoms with van der Waals surface area (Å²) >= 11 is 1.43. The molecule has 8 heteroatoms. The Hall–Kier alpha value is -3.00. The number of carboxylic acid groups (broad SMARTS) is 1. The Balaban J connectivity index is 1.51. The second-order valence-electron chi connectivity index (χ2n) is 6.37. The molecule has 27 heavy (non-hydrogen) atoms. The Labute approximate surface area is 160 Å². The summed E-state index contributed by atoms with van der Waals surface area (Å²) in [5.74, 6) is -0.248. The van der Waals surface area contributed by atoms with Gasteiger partial charge in [0.1, 0.15) is 5.82 Å². The molecule has 0 radical (unpaired) electrons. The van der Waals surface area contributed by atoms with Crippen molar-refractivity contribution in [2.45, 2.75) is 19.3 Å². The lowest BCUT2D eigenvalue weighted by atomic mass is 10.1. The maximum Gasteiger partial charge on any atom is 0.337 e.